The Morgan fingerprint density at radius 1 is 1.47 bits per heavy atom. The molecule has 5 heteroatoms. The number of rotatable bonds is 2. The summed E-state index contributed by atoms with van der Waals surface area (Å²) in [7, 11) is -4.29. The van der Waals surface area contributed by atoms with Crippen molar-refractivity contribution in [3.05, 3.63) is 23.0 Å². The molecule has 0 aromatic rings. The summed E-state index contributed by atoms with van der Waals surface area (Å²) in [6, 6.07) is 0. The third kappa shape index (κ3) is 2.65. The summed E-state index contributed by atoms with van der Waals surface area (Å²) in [5.41, 5.74) is 1.02. The molecule has 2 N–H and O–H groups in total. The van der Waals surface area contributed by atoms with Gasteiger partial charge in [0.05, 0.1) is 0 Å². The highest BCUT2D eigenvalue weighted by molar-refractivity contribution is 7.56. The molecule has 0 spiro atoms. The predicted molar refractivity (Wildman–Crippen MR) is 57.3 cm³/mol. The quantitative estimate of drug-likeness (QED) is 0.562. The number of carbonyl (C=O) groups excluding carboxylic acids is 1. The summed E-state index contributed by atoms with van der Waals surface area (Å²) < 4.78 is 11.2. The fraction of sp³-hybridized carbons (Fsp3) is 0.500. The lowest BCUT2D eigenvalue weighted by molar-refractivity contribution is -0.116. The van der Waals surface area contributed by atoms with E-state index in [2.05, 4.69) is 6.58 Å². The maximum Gasteiger partial charge on any atom is 0.352 e. The minimum absolute atomic E-state index is 0.0215. The molecule has 4 nitrogen and oxygen atoms in total. The Bertz CT molecular complexity index is 388. The van der Waals surface area contributed by atoms with Crippen molar-refractivity contribution in [3.63, 3.8) is 0 Å². The van der Waals surface area contributed by atoms with Gasteiger partial charge in [-0.25, -0.2) is 0 Å². The Balaban J connectivity index is 3.13. The van der Waals surface area contributed by atoms with Gasteiger partial charge in [-0.1, -0.05) is 12.2 Å². The second-order valence-electron chi connectivity index (χ2n) is 3.99. The fourth-order valence-corrected chi connectivity index (χ4v) is 2.70. The van der Waals surface area contributed by atoms with Gasteiger partial charge in [-0.2, -0.15) is 0 Å². The normalized spacial score (nSPS) is 23.2. The van der Waals surface area contributed by atoms with Gasteiger partial charge in [-0.15, -0.1) is 0 Å². The molecule has 1 rings (SSSR count). The van der Waals surface area contributed by atoms with Gasteiger partial charge in [0.1, 0.15) is 0 Å². The molecule has 0 fully saturated rings. The summed E-state index contributed by atoms with van der Waals surface area (Å²) in [6.07, 6.45) is 0.557. The molecule has 0 radical (unpaired) electrons. The first kappa shape index (κ1) is 12.4. The second-order valence-corrected chi connectivity index (χ2v) is 5.62. The van der Waals surface area contributed by atoms with Crippen molar-refractivity contribution in [2.75, 3.05) is 0 Å². The van der Waals surface area contributed by atoms with Gasteiger partial charge >= 0.3 is 7.60 Å². The van der Waals surface area contributed by atoms with E-state index in [1.807, 2.05) is 0 Å². The summed E-state index contributed by atoms with van der Waals surface area (Å²) in [4.78, 5) is 29.7. The maximum atomic E-state index is 11.5. The van der Waals surface area contributed by atoms with Crippen LogP contribution in [0.4, 0.5) is 0 Å². The number of allylic oxidation sites excluding steroid dienone is 3. The molecule has 0 heterocycles. The second kappa shape index (κ2) is 4.05. The molecule has 0 aromatic heterocycles. The van der Waals surface area contributed by atoms with Crippen LogP contribution in [0.25, 0.3) is 0 Å². The molecule has 84 valence electrons. The van der Waals surface area contributed by atoms with Crippen molar-refractivity contribution in [3.8, 4) is 0 Å². The number of Topliss-reactive ketones (excluding diaryl/α,β-unsaturated/α-hetero) is 1. The van der Waals surface area contributed by atoms with E-state index >= 15 is 0 Å². The molecule has 0 saturated heterocycles. The third-order valence-corrected chi connectivity index (χ3v) is 3.99. The topological polar surface area (TPSA) is 74.6 Å². The van der Waals surface area contributed by atoms with Crippen LogP contribution in [0.2, 0.25) is 0 Å². The van der Waals surface area contributed by atoms with Crippen molar-refractivity contribution in [1.82, 2.24) is 0 Å². The standard InChI is InChI=1S/C10H15O4P/c1-6(2)8-4-9(11)7(3)10(5-8)15(12,13)14/h8H,1,4-5H2,2-3H3,(H2,12,13,14). The van der Waals surface area contributed by atoms with E-state index < -0.39 is 7.60 Å². The monoisotopic (exact) mass is 230 g/mol. The van der Waals surface area contributed by atoms with Crippen molar-refractivity contribution < 1.29 is 19.1 Å². The van der Waals surface area contributed by atoms with Crippen LogP contribution >= 0.6 is 7.60 Å². The molecule has 0 amide bonds. The molecule has 0 aromatic carbocycles. The smallest absolute Gasteiger partial charge is 0.321 e. The van der Waals surface area contributed by atoms with E-state index in [4.69, 9.17) is 9.79 Å². The molecule has 1 aliphatic rings. The first-order valence-electron chi connectivity index (χ1n) is 4.68. The highest BCUT2D eigenvalue weighted by Crippen LogP contribution is 2.52. The average molecular weight is 230 g/mol. The van der Waals surface area contributed by atoms with Gasteiger partial charge < -0.3 is 9.79 Å². The van der Waals surface area contributed by atoms with Crippen LogP contribution in [-0.2, 0) is 9.36 Å². The van der Waals surface area contributed by atoms with Crippen LogP contribution in [0.5, 0.6) is 0 Å². The molecule has 1 unspecified atom stereocenters. The number of ketones is 1. The van der Waals surface area contributed by atoms with Gasteiger partial charge in [0.2, 0.25) is 0 Å². The minimum Gasteiger partial charge on any atom is -0.321 e. The van der Waals surface area contributed by atoms with E-state index in [0.717, 1.165) is 5.57 Å². The highest BCUT2D eigenvalue weighted by Gasteiger charge is 2.33. The highest BCUT2D eigenvalue weighted by atomic mass is 31.2. The third-order valence-electron chi connectivity index (χ3n) is 2.77. The van der Waals surface area contributed by atoms with Gasteiger partial charge in [0.25, 0.3) is 0 Å². The van der Waals surface area contributed by atoms with Crippen molar-refractivity contribution in [2.24, 2.45) is 5.92 Å². The number of hydrogen-bond acceptors (Lipinski definition) is 2. The van der Waals surface area contributed by atoms with Crippen LogP contribution < -0.4 is 0 Å². The Morgan fingerprint density at radius 3 is 2.40 bits per heavy atom. The first-order chi connectivity index (χ1) is 6.73. The van der Waals surface area contributed by atoms with Crippen molar-refractivity contribution in [2.45, 2.75) is 26.7 Å². The van der Waals surface area contributed by atoms with Crippen LogP contribution in [-0.4, -0.2) is 15.6 Å². The van der Waals surface area contributed by atoms with Crippen molar-refractivity contribution in [1.29, 1.82) is 0 Å². The van der Waals surface area contributed by atoms with E-state index in [0.29, 0.717) is 6.42 Å². The summed E-state index contributed by atoms with van der Waals surface area (Å²) in [5, 5.41) is -0.0215. The molecule has 0 aliphatic heterocycles. The van der Waals surface area contributed by atoms with Crippen LogP contribution in [0.1, 0.15) is 26.7 Å². The Kier molecular flexibility index (Phi) is 3.34. The number of carbonyl (C=O) groups is 1. The summed E-state index contributed by atoms with van der Waals surface area (Å²) in [6.45, 7) is 6.98. The van der Waals surface area contributed by atoms with Crippen LogP contribution in [0, 0.1) is 5.92 Å². The Hall–Kier alpha value is -0.700. The van der Waals surface area contributed by atoms with E-state index in [-0.39, 0.29) is 29.0 Å². The van der Waals surface area contributed by atoms with Gasteiger partial charge in [0, 0.05) is 17.3 Å². The lowest BCUT2D eigenvalue weighted by Crippen LogP contribution is -2.18. The molecular weight excluding hydrogens is 215 g/mol. The average Bonchev–Trinajstić information content (AvgIpc) is 2.06. The molecule has 0 bridgehead atoms. The molecule has 15 heavy (non-hydrogen) atoms. The van der Waals surface area contributed by atoms with Crippen LogP contribution in [0.15, 0.2) is 23.0 Å². The van der Waals surface area contributed by atoms with E-state index in [9.17, 15) is 9.36 Å². The Morgan fingerprint density at radius 2 is 2.00 bits per heavy atom. The number of hydrogen-bond donors (Lipinski definition) is 2. The van der Waals surface area contributed by atoms with E-state index in [1.54, 1.807) is 6.92 Å². The lowest BCUT2D eigenvalue weighted by atomic mass is 9.85. The first-order valence-corrected chi connectivity index (χ1v) is 6.29. The largest absolute Gasteiger partial charge is 0.352 e. The molecule has 0 saturated carbocycles. The summed E-state index contributed by atoms with van der Waals surface area (Å²) in [5.74, 6) is -0.323. The molecule has 1 atom stereocenters. The van der Waals surface area contributed by atoms with E-state index in [1.165, 1.54) is 6.92 Å². The zero-order valence-corrected chi connectivity index (χ0v) is 9.75. The predicted octanol–water partition coefficient (Wildman–Crippen LogP) is 1.99. The van der Waals surface area contributed by atoms with Gasteiger partial charge in [0.15, 0.2) is 5.78 Å². The molecule has 1 aliphatic carbocycles. The minimum atomic E-state index is -4.29. The fourth-order valence-electron chi connectivity index (χ4n) is 1.68. The van der Waals surface area contributed by atoms with Crippen molar-refractivity contribution >= 4 is 13.4 Å². The zero-order valence-electron chi connectivity index (χ0n) is 8.86. The zero-order chi connectivity index (χ0) is 11.8. The lowest BCUT2D eigenvalue weighted by Gasteiger charge is -2.25. The Labute approximate surface area is 88.9 Å². The van der Waals surface area contributed by atoms with Gasteiger partial charge in [-0.3, -0.25) is 9.36 Å². The maximum absolute atomic E-state index is 11.5. The molecular formula is C10H15O4P. The van der Waals surface area contributed by atoms with Crippen LogP contribution in [0.3, 0.4) is 0 Å². The SMILES string of the molecule is C=C(C)C1CC(=O)C(C)=C(P(=O)(O)O)C1. The summed E-state index contributed by atoms with van der Waals surface area (Å²) >= 11 is 0. The van der Waals surface area contributed by atoms with Gasteiger partial charge in [-0.05, 0) is 26.2 Å².